The lowest BCUT2D eigenvalue weighted by Gasteiger charge is -2.33. The number of urea groups is 1. The van der Waals surface area contributed by atoms with E-state index in [0.29, 0.717) is 12.8 Å². The number of nitrogens with one attached hydrogen (secondary N) is 2. The molecule has 0 saturated heterocycles. The Balaban J connectivity index is 2.00. The number of carbonyl (C=O) groups is 2. The summed E-state index contributed by atoms with van der Waals surface area (Å²) in [4.78, 5) is 23.0. The van der Waals surface area contributed by atoms with E-state index in [2.05, 4.69) is 25.4 Å². The topological polar surface area (TPSA) is 117 Å². The Hall–Kier alpha value is -1.77. The summed E-state index contributed by atoms with van der Waals surface area (Å²) in [5.41, 5.74) is -1.17. The van der Waals surface area contributed by atoms with Crippen LogP contribution in [0.15, 0.2) is 0 Å². The summed E-state index contributed by atoms with van der Waals surface area (Å²) in [7, 11) is 0. The molecule has 1 aromatic rings. The molecule has 98 valence electrons. The largest absolute Gasteiger partial charge is 0.480 e. The molecule has 18 heavy (non-hydrogen) atoms. The molecule has 1 saturated carbocycles. The Kier molecular flexibility index (Phi) is 3.70. The molecule has 0 spiro atoms. The van der Waals surface area contributed by atoms with Crippen molar-refractivity contribution in [1.82, 2.24) is 20.1 Å². The molecule has 8 nitrogen and oxygen atoms in total. The minimum Gasteiger partial charge on any atom is -0.480 e. The second-order valence-electron chi connectivity index (χ2n) is 4.19. The standard InChI is InChI=1S/C9H13N5O3S/c15-6(16)9(4-2-1-3-5-9)11-7(17)10-8-12-13-14-18-8/h1-5H2,(H,15,16)(H2,10,11,12,14,17). The highest BCUT2D eigenvalue weighted by Gasteiger charge is 2.41. The van der Waals surface area contributed by atoms with Gasteiger partial charge in [0.15, 0.2) is 0 Å². The van der Waals surface area contributed by atoms with E-state index in [9.17, 15) is 14.7 Å². The summed E-state index contributed by atoms with van der Waals surface area (Å²) < 4.78 is 3.50. The van der Waals surface area contributed by atoms with Crippen LogP contribution in [0.5, 0.6) is 0 Å². The Morgan fingerprint density at radius 2 is 2.00 bits per heavy atom. The number of carbonyl (C=O) groups excluding carboxylic acids is 1. The van der Waals surface area contributed by atoms with Crippen LogP contribution in [0.4, 0.5) is 9.93 Å². The molecule has 0 aromatic carbocycles. The maximum Gasteiger partial charge on any atom is 0.329 e. The van der Waals surface area contributed by atoms with Crippen LogP contribution in [0.25, 0.3) is 0 Å². The normalized spacial score (nSPS) is 18.0. The Labute approximate surface area is 107 Å². The molecular weight excluding hydrogens is 258 g/mol. The van der Waals surface area contributed by atoms with Gasteiger partial charge in [-0.2, -0.15) is 0 Å². The molecule has 1 aromatic heterocycles. The predicted octanol–water partition coefficient (Wildman–Crippen LogP) is 0.842. The first-order valence-corrected chi connectivity index (χ1v) is 6.37. The fourth-order valence-corrected chi connectivity index (χ4v) is 2.44. The van der Waals surface area contributed by atoms with Gasteiger partial charge in [0.1, 0.15) is 5.54 Å². The van der Waals surface area contributed by atoms with Gasteiger partial charge < -0.3 is 10.4 Å². The number of hydrogen-bond donors (Lipinski definition) is 3. The average Bonchev–Trinajstić information content (AvgIpc) is 2.82. The number of hydrogen-bond acceptors (Lipinski definition) is 6. The van der Waals surface area contributed by atoms with Gasteiger partial charge in [-0.3, -0.25) is 5.32 Å². The summed E-state index contributed by atoms with van der Waals surface area (Å²) in [5.74, 6) is -0.993. The Morgan fingerprint density at radius 1 is 1.28 bits per heavy atom. The zero-order valence-corrected chi connectivity index (χ0v) is 10.4. The van der Waals surface area contributed by atoms with Gasteiger partial charge in [-0.05, 0) is 18.1 Å². The predicted molar refractivity (Wildman–Crippen MR) is 63.3 cm³/mol. The molecule has 1 aliphatic carbocycles. The van der Waals surface area contributed by atoms with Crippen LogP contribution in [-0.4, -0.2) is 37.4 Å². The van der Waals surface area contributed by atoms with Crippen molar-refractivity contribution in [2.24, 2.45) is 0 Å². The number of aliphatic carboxylic acids is 1. The third-order valence-electron chi connectivity index (χ3n) is 2.99. The Bertz CT molecular complexity index is 429. The van der Waals surface area contributed by atoms with Crippen molar-refractivity contribution < 1.29 is 14.7 Å². The highest BCUT2D eigenvalue weighted by atomic mass is 32.1. The lowest BCUT2D eigenvalue weighted by molar-refractivity contribution is -0.145. The average molecular weight is 271 g/mol. The van der Waals surface area contributed by atoms with E-state index in [1.54, 1.807) is 0 Å². The fraction of sp³-hybridized carbons (Fsp3) is 0.667. The molecule has 0 bridgehead atoms. The van der Waals surface area contributed by atoms with E-state index in [4.69, 9.17) is 0 Å². The van der Waals surface area contributed by atoms with Crippen molar-refractivity contribution in [2.75, 3.05) is 5.32 Å². The molecule has 1 heterocycles. The van der Waals surface area contributed by atoms with Crippen LogP contribution in [-0.2, 0) is 4.79 Å². The SMILES string of the molecule is O=C(Nc1nnns1)NC1(C(=O)O)CCCCC1. The summed E-state index contributed by atoms with van der Waals surface area (Å²) in [6, 6.07) is -0.585. The highest BCUT2D eigenvalue weighted by molar-refractivity contribution is 7.09. The summed E-state index contributed by atoms with van der Waals surface area (Å²) in [6.45, 7) is 0. The molecule has 9 heteroatoms. The first-order valence-electron chi connectivity index (χ1n) is 5.60. The Morgan fingerprint density at radius 3 is 2.56 bits per heavy atom. The lowest BCUT2D eigenvalue weighted by Crippen LogP contribution is -2.56. The lowest BCUT2D eigenvalue weighted by atomic mass is 9.82. The monoisotopic (exact) mass is 271 g/mol. The van der Waals surface area contributed by atoms with Crippen molar-refractivity contribution in [1.29, 1.82) is 0 Å². The second-order valence-corrected chi connectivity index (χ2v) is 4.93. The number of carboxylic acid groups (broad SMARTS) is 1. The minimum atomic E-state index is -1.17. The molecular formula is C9H13N5O3S. The van der Waals surface area contributed by atoms with Crippen molar-refractivity contribution >= 4 is 28.7 Å². The van der Waals surface area contributed by atoms with Crippen molar-refractivity contribution in [3.8, 4) is 0 Å². The van der Waals surface area contributed by atoms with Crippen LogP contribution < -0.4 is 10.6 Å². The number of amides is 2. The number of nitrogens with zero attached hydrogens (tertiary/aromatic N) is 3. The van der Waals surface area contributed by atoms with Crippen LogP contribution >= 0.6 is 11.5 Å². The van der Waals surface area contributed by atoms with Crippen molar-refractivity contribution in [3.05, 3.63) is 0 Å². The number of aromatic nitrogens is 3. The molecule has 2 rings (SSSR count). The first kappa shape index (κ1) is 12.7. The third kappa shape index (κ3) is 2.73. The number of carboxylic acids is 1. The van der Waals surface area contributed by atoms with E-state index >= 15 is 0 Å². The molecule has 0 radical (unpaired) electrons. The van der Waals surface area contributed by atoms with E-state index in [1.807, 2.05) is 0 Å². The summed E-state index contributed by atoms with van der Waals surface area (Å²) >= 11 is 0.929. The van der Waals surface area contributed by atoms with Gasteiger partial charge in [-0.15, -0.1) is 0 Å². The number of anilines is 1. The zero-order valence-electron chi connectivity index (χ0n) is 9.55. The van der Waals surface area contributed by atoms with Crippen LogP contribution in [0, 0.1) is 0 Å². The number of rotatable bonds is 3. The van der Waals surface area contributed by atoms with E-state index in [0.717, 1.165) is 30.8 Å². The van der Waals surface area contributed by atoms with E-state index < -0.39 is 17.5 Å². The maximum atomic E-state index is 11.7. The smallest absolute Gasteiger partial charge is 0.329 e. The summed E-state index contributed by atoms with van der Waals surface area (Å²) in [5, 5.41) is 21.4. The summed E-state index contributed by atoms with van der Waals surface area (Å²) in [6.07, 6.45) is 3.49. The van der Waals surface area contributed by atoms with Gasteiger partial charge in [-0.1, -0.05) is 28.8 Å². The van der Waals surface area contributed by atoms with Crippen molar-refractivity contribution in [2.45, 2.75) is 37.6 Å². The quantitative estimate of drug-likeness (QED) is 0.750. The maximum absolute atomic E-state index is 11.7. The van der Waals surface area contributed by atoms with Gasteiger partial charge in [0.2, 0.25) is 5.13 Å². The molecule has 0 atom stereocenters. The molecule has 2 amide bonds. The fourth-order valence-electron chi connectivity index (χ4n) is 2.08. The van der Waals surface area contributed by atoms with Crippen LogP contribution in [0.1, 0.15) is 32.1 Å². The molecule has 1 fully saturated rings. The molecule has 0 unspecified atom stereocenters. The van der Waals surface area contributed by atoms with Crippen molar-refractivity contribution in [3.63, 3.8) is 0 Å². The van der Waals surface area contributed by atoms with E-state index in [1.165, 1.54) is 0 Å². The minimum absolute atomic E-state index is 0.240. The highest BCUT2D eigenvalue weighted by Crippen LogP contribution is 2.28. The molecule has 0 aliphatic heterocycles. The molecule has 3 N–H and O–H groups in total. The molecule has 1 aliphatic rings. The van der Waals surface area contributed by atoms with Gasteiger partial charge in [0, 0.05) is 11.5 Å². The van der Waals surface area contributed by atoms with Gasteiger partial charge in [-0.25, -0.2) is 9.59 Å². The van der Waals surface area contributed by atoms with Gasteiger partial charge in [0.05, 0.1) is 0 Å². The first-order chi connectivity index (χ1) is 8.62. The van der Waals surface area contributed by atoms with Crippen LogP contribution in [0.3, 0.4) is 0 Å². The zero-order chi connectivity index (χ0) is 13.0. The third-order valence-corrected chi connectivity index (χ3v) is 3.50. The second kappa shape index (κ2) is 5.25. The van der Waals surface area contributed by atoms with Crippen LogP contribution in [0.2, 0.25) is 0 Å². The van der Waals surface area contributed by atoms with Gasteiger partial charge in [0.25, 0.3) is 0 Å². The van der Waals surface area contributed by atoms with Gasteiger partial charge >= 0.3 is 12.0 Å². The van der Waals surface area contributed by atoms with E-state index in [-0.39, 0.29) is 5.13 Å².